The molecule has 1 aromatic heterocycles. The Balaban J connectivity index is 2.29. The monoisotopic (exact) mass is 273 g/mol. The van der Waals surface area contributed by atoms with E-state index in [4.69, 9.17) is 9.15 Å². The van der Waals surface area contributed by atoms with Gasteiger partial charge in [0.05, 0.1) is 7.11 Å². The van der Waals surface area contributed by atoms with E-state index < -0.39 is 11.3 Å². The van der Waals surface area contributed by atoms with Crippen LogP contribution in [0.5, 0.6) is 5.75 Å². The van der Waals surface area contributed by atoms with E-state index in [1.165, 1.54) is 7.11 Å². The van der Waals surface area contributed by atoms with Crippen molar-refractivity contribution in [1.82, 2.24) is 0 Å². The Kier molecular flexibility index (Phi) is 3.89. The van der Waals surface area contributed by atoms with Crippen molar-refractivity contribution >= 4 is 11.6 Å². The first-order valence-electron chi connectivity index (χ1n) is 6.07. The Hall–Kier alpha value is -2.56. The number of para-hydroxylation sites is 1. The van der Waals surface area contributed by atoms with E-state index in [2.05, 4.69) is 5.32 Å². The van der Waals surface area contributed by atoms with Crippen molar-refractivity contribution in [2.24, 2.45) is 0 Å². The van der Waals surface area contributed by atoms with E-state index in [0.717, 1.165) is 29.1 Å². The van der Waals surface area contributed by atoms with Gasteiger partial charge in [-0.3, -0.25) is 9.59 Å². The lowest BCUT2D eigenvalue weighted by Crippen LogP contribution is -2.16. The molecule has 104 valence electrons. The number of nitrogens with one attached hydrogen (secondary N) is 1. The molecule has 1 amide bonds. The summed E-state index contributed by atoms with van der Waals surface area (Å²) >= 11 is 0. The Bertz CT molecular complexity index is 683. The zero-order valence-corrected chi connectivity index (χ0v) is 11.5. The summed E-state index contributed by atoms with van der Waals surface area (Å²) in [5, 5.41) is 2.75. The molecule has 1 aromatic carbocycles. The van der Waals surface area contributed by atoms with E-state index in [-0.39, 0.29) is 11.5 Å². The Morgan fingerprint density at radius 2 is 1.90 bits per heavy atom. The van der Waals surface area contributed by atoms with Crippen LogP contribution in [0.1, 0.15) is 21.7 Å². The van der Waals surface area contributed by atoms with Gasteiger partial charge in [0.2, 0.25) is 11.2 Å². The summed E-state index contributed by atoms with van der Waals surface area (Å²) in [7, 11) is 1.36. The highest BCUT2D eigenvalue weighted by Crippen LogP contribution is 2.20. The predicted octanol–water partition coefficient (Wildman–Crippen LogP) is 2.52. The molecule has 2 rings (SSSR count). The first-order chi connectivity index (χ1) is 9.52. The lowest BCUT2D eigenvalue weighted by atomic mass is 10.1. The molecule has 0 aliphatic carbocycles. The van der Waals surface area contributed by atoms with Crippen LogP contribution in [0.2, 0.25) is 0 Å². The molecule has 0 aliphatic heterocycles. The quantitative estimate of drug-likeness (QED) is 0.933. The number of rotatable bonds is 3. The lowest BCUT2D eigenvalue weighted by Gasteiger charge is -2.10. The molecule has 0 radical (unpaired) electrons. The standard InChI is InChI=1S/C15H15NO4/c1-9-5-4-6-10(2)14(9)16-15(18)12-7-11(17)13(19-3)8-20-12/h4-8H,1-3H3,(H,16,18). The van der Waals surface area contributed by atoms with Crippen LogP contribution in [0.4, 0.5) is 5.69 Å². The van der Waals surface area contributed by atoms with Gasteiger partial charge in [-0.25, -0.2) is 0 Å². The highest BCUT2D eigenvalue weighted by Gasteiger charge is 2.13. The van der Waals surface area contributed by atoms with Gasteiger partial charge in [-0.2, -0.15) is 0 Å². The first-order valence-corrected chi connectivity index (χ1v) is 6.07. The van der Waals surface area contributed by atoms with Crippen molar-refractivity contribution in [3.63, 3.8) is 0 Å². The molecular formula is C15H15NO4. The molecule has 0 spiro atoms. The van der Waals surface area contributed by atoms with Crippen molar-refractivity contribution in [2.45, 2.75) is 13.8 Å². The first kappa shape index (κ1) is 13.9. The number of ether oxygens (including phenoxy) is 1. The highest BCUT2D eigenvalue weighted by molar-refractivity contribution is 6.03. The predicted molar refractivity (Wildman–Crippen MR) is 75.4 cm³/mol. The van der Waals surface area contributed by atoms with Gasteiger partial charge in [0, 0.05) is 11.8 Å². The fraction of sp³-hybridized carbons (Fsp3) is 0.200. The van der Waals surface area contributed by atoms with E-state index in [1.807, 2.05) is 32.0 Å². The number of carbonyl (C=O) groups excluding carboxylic acids is 1. The van der Waals surface area contributed by atoms with Crippen LogP contribution in [0.25, 0.3) is 0 Å². The second kappa shape index (κ2) is 5.61. The summed E-state index contributed by atoms with van der Waals surface area (Å²) in [4.78, 5) is 23.7. The van der Waals surface area contributed by atoms with Gasteiger partial charge in [0.15, 0.2) is 5.76 Å². The third kappa shape index (κ3) is 2.71. The maximum Gasteiger partial charge on any atom is 0.291 e. The fourth-order valence-electron chi connectivity index (χ4n) is 1.85. The van der Waals surface area contributed by atoms with Crippen molar-refractivity contribution in [2.75, 3.05) is 12.4 Å². The third-order valence-corrected chi connectivity index (χ3v) is 2.96. The average Bonchev–Trinajstić information content (AvgIpc) is 2.42. The van der Waals surface area contributed by atoms with Crippen LogP contribution < -0.4 is 15.5 Å². The molecule has 2 aromatic rings. The Labute approximate surface area is 116 Å². The molecule has 0 atom stereocenters. The normalized spacial score (nSPS) is 10.2. The van der Waals surface area contributed by atoms with E-state index >= 15 is 0 Å². The minimum absolute atomic E-state index is 0.0570. The number of amides is 1. The minimum Gasteiger partial charge on any atom is -0.490 e. The van der Waals surface area contributed by atoms with Crippen LogP contribution in [-0.4, -0.2) is 13.0 Å². The van der Waals surface area contributed by atoms with Gasteiger partial charge >= 0.3 is 0 Å². The van der Waals surface area contributed by atoms with Gasteiger partial charge in [0.25, 0.3) is 5.91 Å². The van der Waals surface area contributed by atoms with E-state index in [9.17, 15) is 9.59 Å². The molecule has 0 aliphatic rings. The van der Waals surface area contributed by atoms with Gasteiger partial charge in [-0.15, -0.1) is 0 Å². The van der Waals surface area contributed by atoms with Gasteiger partial charge in [-0.1, -0.05) is 18.2 Å². The molecule has 0 bridgehead atoms. The van der Waals surface area contributed by atoms with E-state index in [1.54, 1.807) is 0 Å². The maximum absolute atomic E-state index is 12.1. The summed E-state index contributed by atoms with van der Waals surface area (Å²) < 4.78 is 9.91. The van der Waals surface area contributed by atoms with Crippen LogP contribution in [-0.2, 0) is 0 Å². The number of aryl methyl sites for hydroxylation is 2. The number of methoxy groups -OCH3 is 1. The molecule has 20 heavy (non-hydrogen) atoms. The number of benzene rings is 1. The smallest absolute Gasteiger partial charge is 0.291 e. The summed E-state index contributed by atoms with van der Waals surface area (Å²) in [5.41, 5.74) is 2.20. The molecule has 0 unspecified atom stereocenters. The summed E-state index contributed by atoms with van der Waals surface area (Å²) in [6.45, 7) is 3.79. The van der Waals surface area contributed by atoms with Crippen LogP contribution in [0, 0.1) is 13.8 Å². The summed E-state index contributed by atoms with van der Waals surface area (Å²) in [5.74, 6) is -0.464. The maximum atomic E-state index is 12.1. The highest BCUT2D eigenvalue weighted by atomic mass is 16.5. The molecule has 5 nitrogen and oxygen atoms in total. The van der Waals surface area contributed by atoms with Crippen LogP contribution in [0.15, 0.2) is 39.7 Å². The molecule has 5 heteroatoms. The molecule has 0 saturated carbocycles. The molecule has 0 saturated heterocycles. The second-order valence-electron chi connectivity index (χ2n) is 4.40. The zero-order valence-electron chi connectivity index (χ0n) is 11.5. The zero-order chi connectivity index (χ0) is 14.7. The Morgan fingerprint density at radius 3 is 2.45 bits per heavy atom. The third-order valence-electron chi connectivity index (χ3n) is 2.96. The van der Waals surface area contributed by atoms with Crippen LogP contribution >= 0.6 is 0 Å². The van der Waals surface area contributed by atoms with Crippen molar-refractivity contribution < 1.29 is 13.9 Å². The van der Waals surface area contributed by atoms with Crippen molar-refractivity contribution in [1.29, 1.82) is 0 Å². The molecule has 0 fully saturated rings. The second-order valence-corrected chi connectivity index (χ2v) is 4.40. The molecule has 1 N–H and O–H groups in total. The molecule has 1 heterocycles. The van der Waals surface area contributed by atoms with Crippen molar-refractivity contribution in [3.05, 3.63) is 57.6 Å². The number of carbonyl (C=O) groups is 1. The summed E-state index contributed by atoms with van der Waals surface area (Å²) in [6, 6.07) is 6.81. The van der Waals surface area contributed by atoms with Gasteiger partial charge < -0.3 is 14.5 Å². The van der Waals surface area contributed by atoms with E-state index in [0.29, 0.717) is 0 Å². The fourth-order valence-corrected chi connectivity index (χ4v) is 1.85. The van der Waals surface area contributed by atoms with Gasteiger partial charge in [0.1, 0.15) is 6.26 Å². The topological polar surface area (TPSA) is 68.5 Å². The minimum atomic E-state index is -0.470. The lowest BCUT2D eigenvalue weighted by molar-refractivity contribution is 0.0993. The average molecular weight is 273 g/mol. The number of hydrogen-bond acceptors (Lipinski definition) is 4. The SMILES string of the molecule is COc1coc(C(=O)Nc2c(C)cccc2C)cc1=O. The Morgan fingerprint density at radius 1 is 1.25 bits per heavy atom. The number of hydrogen-bond donors (Lipinski definition) is 1. The van der Waals surface area contributed by atoms with Gasteiger partial charge in [-0.05, 0) is 25.0 Å². The van der Waals surface area contributed by atoms with Crippen molar-refractivity contribution in [3.8, 4) is 5.75 Å². The summed E-state index contributed by atoms with van der Waals surface area (Å²) in [6.07, 6.45) is 1.13. The largest absolute Gasteiger partial charge is 0.490 e. The number of anilines is 1. The molecular weight excluding hydrogens is 258 g/mol. The van der Waals surface area contributed by atoms with Crippen LogP contribution in [0.3, 0.4) is 0 Å².